The molecule has 0 aliphatic rings. The fraction of sp³-hybridized carbons (Fsp3) is 0.400. The van der Waals surface area contributed by atoms with Gasteiger partial charge in [-0.3, -0.25) is 9.97 Å². The summed E-state index contributed by atoms with van der Waals surface area (Å²) in [5.74, 6) is 1.13. The van der Waals surface area contributed by atoms with Gasteiger partial charge in [0.25, 0.3) is 0 Å². The Bertz CT molecular complexity index is 761. The van der Waals surface area contributed by atoms with Gasteiger partial charge in [0.15, 0.2) is 0 Å². The third-order valence-corrected chi connectivity index (χ3v) is 3.93. The summed E-state index contributed by atoms with van der Waals surface area (Å²) in [6, 6.07) is 6.83. The van der Waals surface area contributed by atoms with Crippen LogP contribution in [0.15, 0.2) is 36.7 Å². The van der Waals surface area contributed by atoms with Crippen molar-refractivity contribution in [2.75, 3.05) is 26.4 Å². The number of carbonyl (C=O) groups excluding carboxylic acids is 2. The predicted octanol–water partition coefficient (Wildman–Crippen LogP) is 2.26. The number of pyridine rings is 2. The lowest BCUT2D eigenvalue weighted by Gasteiger charge is -2.12. The molecular weight excluding hydrogens is 408 g/mol. The van der Waals surface area contributed by atoms with E-state index in [1.54, 1.807) is 38.1 Å². The van der Waals surface area contributed by atoms with Crippen LogP contribution in [0, 0.1) is 0 Å². The van der Waals surface area contributed by atoms with E-state index in [-0.39, 0.29) is 0 Å². The first-order chi connectivity index (χ1) is 14.8. The van der Waals surface area contributed by atoms with E-state index in [2.05, 4.69) is 9.97 Å². The van der Waals surface area contributed by atoms with Crippen molar-refractivity contribution in [2.45, 2.75) is 26.1 Å². The van der Waals surface area contributed by atoms with Crippen molar-refractivity contribution in [3.05, 3.63) is 48.0 Å². The first kappa shape index (κ1) is 23.7. The second-order valence-electron chi connectivity index (χ2n) is 6.31. The molecule has 0 spiro atoms. The first-order valence-corrected chi connectivity index (χ1v) is 9.52. The van der Waals surface area contributed by atoms with Crippen LogP contribution in [0.2, 0.25) is 0 Å². The van der Waals surface area contributed by atoms with Crippen molar-refractivity contribution in [1.82, 2.24) is 9.97 Å². The van der Waals surface area contributed by atoms with Crippen LogP contribution in [0.4, 0.5) is 9.59 Å². The zero-order chi connectivity index (χ0) is 22.6. The van der Waals surface area contributed by atoms with Gasteiger partial charge in [0.05, 0.1) is 37.0 Å². The molecule has 2 rings (SSSR count). The number of primary amides is 2. The molecule has 31 heavy (non-hydrogen) atoms. The molecule has 0 saturated heterocycles. The van der Waals surface area contributed by atoms with Crippen LogP contribution in [0.25, 0.3) is 0 Å². The SMILES string of the molecule is CC(OC(N)=O)c1ccc(OCCOCCOc2ccc(C(C)OC(N)=O)nc2)cn1. The first-order valence-electron chi connectivity index (χ1n) is 9.52. The zero-order valence-electron chi connectivity index (χ0n) is 17.4. The van der Waals surface area contributed by atoms with E-state index in [0.29, 0.717) is 49.3 Å². The Morgan fingerprint density at radius 3 is 1.52 bits per heavy atom. The van der Waals surface area contributed by atoms with Crippen molar-refractivity contribution in [3.8, 4) is 11.5 Å². The van der Waals surface area contributed by atoms with Crippen LogP contribution in [0.3, 0.4) is 0 Å². The average molecular weight is 434 g/mol. The Morgan fingerprint density at radius 1 is 0.774 bits per heavy atom. The Balaban J connectivity index is 1.59. The van der Waals surface area contributed by atoms with E-state index in [9.17, 15) is 9.59 Å². The van der Waals surface area contributed by atoms with Crippen molar-refractivity contribution < 1.29 is 33.3 Å². The van der Waals surface area contributed by atoms with Gasteiger partial charge >= 0.3 is 12.2 Å². The largest absolute Gasteiger partial charge is 0.490 e. The molecule has 0 bridgehead atoms. The summed E-state index contributed by atoms with van der Waals surface area (Å²) in [5, 5.41) is 0. The summed E-state index contributed by atoms with van der Waals surface area (Å²) in [7, 11) is 0. The lowest BCUT2D eigenvalue weighted by atomic mass is 10.2. The van der Waals surface area contributed by atoms with E-state index in [0.717, 1.165) is 0 Å². The van der Waals surface area contributed by atoms with Gasteiger partial charge in [-0.25, -0.2) is 9.59 Å². The second kappa shape index (κ2) is 12.2. The molecule has 11 heteroatoms. The maximum Gasteiger partial charge on any atom is 0.405 e. The fourth-order valence-electron chi connectivity index (χ4n) is 2.44. The summed E-state index contributed by atoms with van der Waals surface area (Å²) in [5.41, 5.74) is 11.1. The summed E-state index contributed by atoms with van der Waals surface area (Å²) < 4.78 is 26.2. The maximum absolute atomic E-state index is 10.8. The quantitative estimate of drug-likeness (QED) is 0.478. The smallest absolute Gasteiger partial charge is 0.405 e. The highest BCUT2D eigenvalue weighted by molar-refractivity contribution is 5.65. The molecule has 2 aromatic rings. The lowest BCUT2D eigenvalue weighted by molar-refractivity contribution is 0.0761. The van der Waals surface area contributed by atoms with Crippen molar-refractivity contribution in [2.24, 2.45) is 11.5 Å². The van der Waals surface area contributed by atoms with Crippen LogP contribution in [-0.2, 0) is 14.2 Å². The highest BCUT2D eigenvalue weighted by Gasteiger charge is 2.11. The normalized spacial score (nSPS) is 12.5. The predicted molar refractivity (Wildman–Crippen MR) is 108 cm³/mol. The van der Waals surface area contributed by atoms with Gasteiger partial charge in [-0.15, -0.1) is 0 Å². The van der Waals surface area contributed by atoms with Gasteiger partial charge in [0.1, 0.15) is 36.9 Å². The Hall–Kier alpha value is -3.60. The molecule has 2 aromatic heterocycles. The van der Waals surface area contributed by atoms with Gasteiger partial charge in [-0.2, -0.15) is 0 Å². The topological polar surface area (TPSA) is 158 Å². The monoisotopic (exact) mass is 434 g/mol. The summed E-state index contributed by atoms with van der Waals surface area (Å²) in [6.45, 7) is 4.75. The fourth-order valence-corrected chi connectivity index (χ4v) is 2.44. The minimum absolute atomic E-state index is 0.336. The maximum atomic E-state index is 10.8. The minimum atomic E-state index is -0.853. The van der Waals surface area contributed by atoms with Crippen LogP contribution in [0.1, 0.15) is 37.4 Å². The van der Waals surface area contributed by atoms with Crippen molar-refractivity contribution >= 4 is 12.2 Å². The highest BCUT2D eigenvalue weighted by atomic mass is 16.6. The number of hydrogen-bond acceptors (Lipinski definition) is 9. The second-order valence-corrected chi connectivity index (χ2v) is 6.31. The molecule has 2 atom stereocenters. The number of aromatic nitrogens is 2. The molecule has 2 heterocycles. The van der Waals surface area contributed by atoms with Crippen LogP contribution < -0.4 is 20.9 Å². The third-order valence-electron chi connectivity index (χ3n) is 3.93. The molecule has 168 valence electrons. The molecule has 0 radical (unpaired) electrons. The number of hydrogen-bond donors (Lipinski definition) is 2. The minimum Gasteiger partial charge on any atom is -0.490 e. The molecule has 2 amide bonds. The van der Waals surface area contributed by atoms with E-state index in [1.165, 1.54) is 12.4 Å². The Labute approximate surface area is 179 Å². The summed E-state index contributed by atoms with van der Waals surface area (Å²) >= 11 is 0. The molecule has 2 unspecified atom stereocenters. The molecule has 0 aliphatic carbocycles. The van der Waals surface area contributed by atoms with E-state index in [1.807, 2.05) is 0 Å². The molecule has 0 aliphatic heterocycles. The molecular formula is C20H26N4O7. The molecule has 0 aromatic carbocycles. The summed E-state index contributed by atoms with van der Waals surface area (Å²) in [4.78, 5) is 29.8. The number of ether oxygens (including phenoxy) is 5. The van der Waals surface area contributed by atoms with Gasteiger partial charge in [0.2, 0.25) is 0 Å². The number of amides is 2. The summed E-state index contributed by atoms with van der Waals surface area (Å²) in [6.07, 6.45) is 0.291. The van der Waals surface area contributed by atoms with Crippen LogP contribution >= 0.6 is 0 Å². The van der Waals surface area contributed by atoms with Crippen LogP contribution in [0.5, 0.6) is 11.5 Å². The highest BCUT2D eigenvalue weighted by Crippen LogP contribution is 2.18. The molecule has 11 nitrogen and oxygen atoms in total. The standard InChI is InChI=1S/C20H26N4O7/c1-13(30-19(21)25)17-5-3-15(11-23-17)28-9-7-27-8-10-29-16-4-6-18(24-12-16)14(2)31-20(22)26/h3-6,11-14H,7-10H2,1-2H3,(H2,21,25)(H2,22,26). The van der Waals surface area contributed by atoms with Gasteiger partial charge in [-0.05, 0) is 38.1 Å². The molecule has 4 N–H and O–H groups in total. The van der Waals surface area contributed by atoms with Crippen molar-refractivity contribution in [3.63, 3.8) is 0 Å². The van der Waals surface area contributed by atoms with E-state index >= 15 is 0 Å². The molecule has 0 fully saturated rings. The molecule has 0 saturated carbocycles. The van der Waals surface area contributed by atoms with E-state index < -0.39 is 24.4 Å². The average Bonchev–Trinajstić information content (AvgIpc) is 2.73. The lowest BCUT2D eigenvalue weighted by Crippen LogP contribution is -2.16. The number of carbonyl (C=O) groups is 2. The number of nitrogens with zero attached hydrogens (tertiary/aromatic N) is 2. The van der Waals surface area contributed by atoms with E-state index in [4.69, 9.17) is 35.2 Å². The van der Waals surface area contributed by atoms with Crippen LogP contribution in [-0.4, -0.2) is 48.6 Å². The Morgan fingerprint density at radius 2 is 1.19 bits per heavy atom. The zero-order valence-corrected chi connectivity index (χ0v) is 17.4. The van der Waals surface area contributed by atoms with Gasteiger partial charge in [-0.1, -0.05) is 0 Å². The van der Waals surface area contributed by atoms with Gasteiger partial charge in [0, 0.05) is 0 Å². The Kier molecular flexibility index (Phi) is 9.30. The van der Waals surface area contributed by atoms with Crippen molar-refractivity contribution in [1.29, 1.82) is 0 Å². The van der Waals surface area contributed by atoms with Gasteiger partial charge < -0.3 is 35.2 Å². The number of rotatable bonds is 12. The third kappa shape index (κ3) is 8.74. The number of nitrogens with two attached hydrogens (primary N) is 2.